The number of phosphoric acid groups is 3. The van der Waals surface area contributed by atoms with Crippen molar-refractivity contribution in [2.75, 3.05) is 18.1 Å². The monoisotopic (exact) mass is 538 g/mol. The highest BCUT2D eigenvalue weighted by atomic mass is 31.3. The number of aliphatic hydroxyl groups is 1. The first kappa shape index (κ1) is 26.0. The van der Waals surface area contributed by atoms with Gasteiger partial charge >= 0.3 is 23.5 Å². The number of rotatable bonds is 8. The Bertz CT molecular complexity index is 1200. The predicted molar refractivity (Wildman–Crippen MR) is 103 cm³/mol. The smallest absolute Gasteiger partial charge is 0.387 e. The quantitative estimate of drug-likeness (QED) is 0.205. The van der Waals surface area contributed by atoms with Crippen molar-refractivity contribution in [1.82, 2.24) is 19.5 Å². The van der Waals surface area contributed by atoms with E-state index in [2.05, 4.69) is 28.1 Å². The first-order valence-electron chi connectivity index (χ1n) is 8.48. The van der Waals surface area contributed by atoms with Gasteiger partial charge in [0.15, 0.2) is 23.4 Å². The van der Waals surface area contributed by atoms with Crippen LogP contribution >= 0.6 is 23.5 Å². The number of imidazole rings is 1. The van der Waals surface area contributed by atoms with Crippen molar-refractivity contribution in [2.45, 2.75) is 31.0 Å². The minimum absolute atomic E-state index is 0.0467. The maximum absolute atomic E-state index is 15.3. The predicted octanol–water partition coefficient (Wildman–Crippen LogP) is -0.680. The van der Waals surface area contributed by atoms with E-state index < -0.39 is 54.2 Å². The Hall–Kier alpha value is -1.59. The second kappa shape index (κ2) is 8.57. The Morgan fingerprint density at radius 1 is 1.18 bits per heavy atom. The second-order valence-corrected chi connectivity index (χ2v) is 11.2. The number of aliphatic hydroxyl groups excluding tert-OH is 1. The van der Waals surface area contributed by atoms with E-state index in [-0.39, 0.29) is 22.9 Å². The van der Waals surface area contributed by atoms with Gasteiger partial charge in [-0.15, -0.1) is 0 Å². The molecule has 1 aliphatic rings. The second-order valence-electron chi connectivity index (χ2n) is 6.80. The summed E-state index contributed by atoms with van der Waals surface area (Å²) in [5.41, 5.74) is 8.67. The van der Waals surface area contributed by atoms with Gasteiger partial charge in [-0.3, -0.25) is 9.09 Å². The Kier molecular flexibility index (Phi) is 6.76. The molecule has 186 valence electrons. The molecule has 1 saturated heterocycles. The average molecular weight is 538 g/mol. The summed E-state index contributed by atoms with van der Waals surface area (Å²) in [6, 6.07) is 0. The molecule has 1 aliphatic heterocycles. The largest absolute Gasteiger partial charge is 0.490 e. The number of fused-ring (bicyclic) bond motifs is 1. The molecule has 0 radical (unpaired) electrons. The van der Waals surface area contributed by atoms with Gasteiger partial charge in [-0.25, -0.2) is 23.1 Å². The molecule has 0 aromatic carbocycles. The van der Waals surface area contributed by atoms with Crippen LogP contribution in [0.2, 0.25) is 0 Å². The zero-order valence-electron chi connectivity index (χ0n) is 16.3. The van der Waals surface area contributed by atoms with Crippen molar-refractivity contribution in [3.05, 3.63) is 6.33 Å². The highest BCUT2D eigenvalue weighted by molar-refractivity contribution is 7.66. The van der Waals surface area contributed by atoms with Crippen LogP contribution in [0.25, 0.3) is 11.2 Å². The lowest BCUT2D eigenvalue weighted by Crippen LogP contribution is -2.40. The Morgan fingerprint density at radius 2 is 1.82 bits per heavy atom. The van der Waals surface area contributed by atoms with Crippen LogP contribution in [-0.4, -0.2) is 68.7 Å². The lowest BCUT2D eigenvalue weighted by molar-refractivity contribution is -0.0560. The molecule has 2 aromatic heterocycles. The molecule has 3 unspecified atom stereocenters. The number of alkyl halides is 1. The summed E-state index contributed by atoms with van der Waals surface area (Å²) in [5, 5.41) is 10.3. The minimum atomic E-state index is -5.76. The van der Waals surface area contributed by atoms with E-state index in [9.17, 15) is 23.7 Å². The highest BCUT2D eigenvalue weighted by Gasteiger charge is 2.56. The standard InChI is InChI=1S/C11H18FN6O12P3/c1-11(12)6(19)4(2-27-32(23,24)30-33(25,26)29-31(20,21)22)28-9(11)18-3-15-5-7(13)16-10(14)17-8(5)18/h3-4,6,9,19H,2H2,1H3,(H,23,24)(H,25,26)(H2,20,21,22)(H4,13,14,16,17)/t4-,6+,9-,11?/m1/s1. The lowest BCUT2D eigenvalue weighted by atomic mass is 9.98. The fraction of sp³-hybridized carbons (Fsp3) is 0.545. The number of hydrogen-bond acceptors (Lipinski definition) is 13. The maximum atomic E-state index is 15.3. The number of nitrogens with two attached hydrogens (primary N) is 2. The number of hydrogen-bond donors (Lipinski definition) is 7. The van der Waals surface area contributed by atoms with Crippen molar-refractivity contribution in [2.24, 2.45) is 0 Å². The first-order valence-corrected chi connectivity index (χ1v) is 13.0. The van der Waals surface area contributed by atoms with Gasteiger partial charge in [-0.1, -0.05) is 0 Å². The third-order valence-electron chi connectivity index (χ3n) is 4.25. The molecule has 2 aromatic rings. The Balaban J connectivity index is 1.77. The van der Waals surface area contributed by atoms with Crippen molar-refractivity contribution in [1.29, 1.82) is 0 Å². The van der Waals surface area contributed by atoms with E-state index in [1.807, 2.05) is 0 Å². The van der Waals surface area contributed by atoms with Crippen molar-refractivity contribution < 1.29 is 60.6 Å². The van der Waals surface area contributed by atoms with Crippen LogP contribution in [0.3, 0.4) is 0 Å². The number of phosphoric ester groups is 1. The molecular formula is C11H18FN6O12P3. The third-order valence-corrected chi connectivity index (χ3v) is 8.06. The number of aromatic nitrogens is 4. The van der Waals surface area contributed by atoms with Crippen LogP contribution in [-0.2, 0) is 31.6 Å². The number of ether oxygens (including phenoxy) is 1. The molecule has 18 nitrogen and oxygen atoms in total. The molecule has 0 spiro atoms. The van der Waals surface area contributed by atoms with Gasteiger partial charge in [0.25, 0.3) is 0 Å². The SMILES string of the molecule is CC1(F)[C@@H](O)[C@@H](COP(=O)(O)OP(=O)(O)OP(=O)(O)O)O[C@H]1n1cnc2c(N)nc(N)nc21. The summed E-state index contributed by atoms with van der Waals surface area (Å²) < 4.78 is 67.2. The van der Waals surface area contributed by atoms with E-state index in [0.717, 1.165) is 17.8 Å². The normalized spacial score (nSPS) is 29.7. The van der Waals surface area contributed by atoms with E-state index >= 15 is 4.39 Å². The van der Waals surface area contributed by atoms with Gasteiger partial charge in [-0.05, 0) is 6.92 Å². The molecule has 3 heterocycles. The molecule has 0 aliphatic carbocycles. The highest BCUT2D eigenvalue weighted by Crippen LogP contribution is 2.66. The summed E-state index contributed by atoms with van der Waals surface area (Å²) in [6.45, 7) is -0.139. The van der Waals surface area contributed by atoms with Crippen LogP contribution in [0.5, 0.6) is 0 Å². The van der Waals surface area contributed by atoms with Gasteiger partial charge in [0.2, 0.25) is 5.95 Å². The Labute approximate surface area is 182 Å². The van der Waals surface area contributed by atoms with Crippen molar-refractivity contribution in [3.63, 3.8) is 0 Å². The molecule has 1 fully saturated rings. The molecule has 22 heteroatoms. The van der Waals surface area contributed by atoms with E-state index in [0.29, 0.717) is 0 Å². The molecule has 0 amide bonds. The fourth-order valence-electron chi connectivity index (χ4n) is 2.95. The molecule has 9 N–H and O–H groups in total. The number of anilines is 2. The summed E-state index contributed by atoms with van der Waals surface area (Å²) in [6.07, 6.45) is -4.18. The molecule has 6 atom stereocenters. The van der Waals surface area contributed by atoms with E-state index in [1.165, 1.54) is 0 Å². The summed E-state index contributed by atoms with van der Waals surface area (Å²) >= 11 is 0. The maximum Gasteiger partial charge on any atom is 0.490 e. The van der Waals surface area contributed by atoms with Crippen LogP contribution in [0.4, 0.5) is 16.2 Å². The number of halogens is 1. The third kappa shape index (κ3) is 5.74. The van der Waals surface area contributed by atoms with Crippen LogP contribution < -0.4 is 11.5 Å². The molecular weight excluding hydrogens is 520 g/mol. The van der Waals surface area contributed by atoms with Crippen LogP contribution in [0.1, 0.15) is 13.2 Å². The molecule has 0 bridgehead atoms. The lowest BCUT2D eigenvalue weighted by Gasteiger charge is -2.24. The Morgan fingerprint density at radius 3 is 2.42 bits per heavy atom. The molecule has 33 heavy (non-hydrogen) atoms. The average Bonchev–Trinajstić information content (AvgIpc) is 3.10. The van der Waals surface area contributed by atoms with Gasteiger partial charge in [0, 0.05) is 0 Å². The summed E-state index contributed by atoms with van der Waals surface area (Å²) in [7, 11) is -16.9. The van der Waals surface area contributed by atoms with Gasteiger partial charge in [-0.2, -0.15) is 18.6 Å². The summed E-state index contributed by atoms with van der Waals surface area (Å²) in [4.78, 5) is 47.2. The summed E-state index contributed by atoms with van der Waals surface area (Å²) in [5.74, 6) is -0.371. The van der Waals surface area contributed by atoms with Crippen LogP contribution in [0.15, 0.2) is 6.33 Å². The first-order chi connectivity index (χ1) is 14.9. The zero-order valence-corrected chi connectivity index (χ0v) is 19.0. The van der Waals surface area contributed by atoms with E-state index in [4.69, 9.17) is 30.9 Å². The van der Waals surface area contributed by atoms with Gasteiger partial charge in [0.1, 0.15) is 17.7 Å². The molecule has 0 saturated carbocycles. The topological polar surface area (TPSA) is 285 Å². The van der Waals surface area contributed by atoms with Gasteiger partial charge in [0.05, 0.1) is 12.9 Å². The fourth-order valence-corrected chi connectivity index (χ4v) is 5.98. The zero-order chi connectivity index (χ0) is 25.0. The molecule has 3 rings (SSSR count). The number of nitrogen functional groups attached to an aromatic ring is 2. The van der Waals surface area contributed by atoms with Crippen molar-refractivity contribution >= 4 is 46.4 Å². The van der Waals surface area contributed by atoms with Gasteiger partial charge < -0.3 is 40.9 Å². The minimum Gasteiger partial charge on any atom is -0.387 e. The van der Waals surface area contributed by atoms with E-state index in [1.54, 1.807) is 0 Å². The number of nitrogens with zero attached hydrogens (tertiary/aromatic N) is 4. The van der Waals surface area contributed by atoms with Crippen LogP contribution in [0, 0.1) is 0 Å². The van der Waals surface area contributed by atoms with Crippen molar-refractivity contribution in [3.8, 4) is 0 Å².